The van der Waals surface area contributed by atoms with Crippen molar-refractivity contribution in [3.8, 4) is 0 Å². The minimum Gasteiger partial charge on any atom is -0.445 e. The van der Waals surface area contributed by atoms with Gasteiger partial charge in [-0.3, -0.25) is 0 Å². The third-order valence-electron chi connectivity index (χ3n) is 6.11. The Balaban J connectivity index is 1.30. The summed E-state index contributed by atoms with van der Waals surface area (Å²) >= 11 is 0. The van der Waals surface area contributed by atoms with Gasteiger partial charge >= 0.3 is 6.09 Å². The molecule has 1 saturated carbocycles. The molecule has 4 nitrogen and oxygen atoms in total. The number of nitrogens with one attached hydrogen (secondary N) is 1. The van der Waals surface area contributed by atoms with Crippen LogP contribution < -0.4 is 5.32 Å². The molecule has 1 N–H and O–H groups in total. The molecule has 0 saturated heterocycles. The van der Waals surface area contributed by atoms with E-state index in [9.17, 15) is 13.6 Å². The van der Waals surface area contributed by atoms with Crippen molar-refractivity contribution >= 4 is 17.7 Å². The molecule has 0 spiro atoms. The number of ether oxygens (including phenoxy) is 2. The van der Waals surface area contributed by atoms with Crippen LogP contribution in [0.25, 0.3) is 11.6 Å². The highest BCUT2D eigenvalue weighted by Crippen LogP contribution is 2.27. The Kier molecular flexibility index (Phi) is 8.63. The van der Waals surface area contributed by atoms with E-state index in [1.54, 1.807) is 6.08 Å². The number of hydrogen-bond acceptors (Lipinski definition) is 3. The van der Waals surface area contributed by atoms with Crippen molar-refractivity contribution in [2.75, 3.05) is 6.61 Å². The van der Waals surface area contributed by atoms with Crippen LogP contribution in [0.3, 0.4) is 0 Å². The summed E-state index contributed by atoms with van der Waals surface area (Å²) in [5, 5.41) is 2.92. The van der Waals surface area contributed by atoms with Crippen LogP contribution in [0.2, 0.25) is 0 Å². The van der Waals surface area contributed by atoms with Crippen LogP contribution in [-0.2, 0) is 16.1 Å². The van der Waals surface area contributed by atoms with Gasteiger partial charge in [-0.25, -0.2) is 13.6 Å². The lowest BCUT2D eigenvalue weighted by Gasteiger charge is -2.29. The molecule has 0 radical (unpaired) electrons. The fourth-order valence-electron chi connectivity index (χ4n) is 4.25. The SMILES string of the molecule is O=C(N[C@H]1CC[C@H](OCC(=Cc2ccccc2)c2c(F)cccc2F)CC1)OCc1ccccc1. The molecule has 0 bridgehead atoms. The van der Waals surface area contributed by atoms with E-state index in [2.05, 4.69) is 5.32 Å². The maximum Gasteiger partial charge on any atom is 0.407 e. The number of rotatable bonds is 8. The quantitative estimate of drug-likeness (QED) is 0.365. The molecular formula is C29H29F2NO3. The van der Waals surface area contributed by atoms with Crippen LogP contribution >= 0.6 is 0 Å². The number of benzene rings is 3. The van der Waals surface area contributed by atoms with Crippen molar-refractivity contribution in [3.63, 3.8) is 0 Å². The molecule has 1 amide bonds. The Morgan fingerprint density at radius 3 is 2.14 bits per heavy atom. The third kappa shape index (κ3) is 7.23. The highest BCUT2D eigenvalue weighted by molar-refractivity contribution is 5.82. The summed E-state index contributed by atoms with van der Waals surface area (Å²) in [5.74, 6) is -1.23. The van der Waals surface area contributed by atoms with Gasteiger partial charge in [0, 0.05) is 6.04 Å². The van der Waals surface area contributed by atoms with Gasteiger partial charge in [-0.05, 0) is 60.6 Å². The van der Waals surface area contributed by atoms with Crippen LogP contribution in [0.15, 0.2) is 78.9 Å². The average Bonchev–Trinajstić information content (AvgIpc) is 2.88. The third-order valence-corrected chi connectivity index (χ3v) is 6.11. The highest BCUT2D eigenvalue weighted by atomic mass is 19.1. The summed E-state index contributed by atoms with van der Waals surface area (Å²) in [6.07, 6.45) is 4.25. The van der Waals surface area contributed by atoms with Gasteiger partial charge in [0.05, 0.1) is 18.3 Å². The molecule has 1 aliphatic rings. The smallest absolute Gasteiger partial charge is 0.407 e. The Labute approximate surface area is 204 Å². The van der Waals surface area contributed by atoms with Crippen molar-refractivity contribution in [3.05, 3.63) is 107 Å². The summed E-state index contributed by atoms with van der Waals surface area (Å²) in [4.78, 5) is 12.1. The summed E-state index contributed by atoms with van der Waals surface area (Å²) in [6, 6.07) is 22.8. The minimum atomic E-state index is -0.613. The van der Waals surface area contributed by atoms with Gasteiger partial charge in [-0.2, -0.15) is 0 Å². The van der Waals surface area contributed by atoms with E-state index in [0.717, 1.165) is 36.8 Å². The number of alkyl carbamates (subject to hydrolysis) is 1. The number of hydrogen-bond donors (Lipinski definition) is 1. The van der Waals surface area contributed by atoms with E-state index in [1.807, 2.05) is 60.7 Å². The zero-order chi connectivity index (χ0) is 24.5. The first-order chi connectivity index (χ1) is 17.1. The van der Waals surface area contributed by atoms with E-state index >= 15 is 0 Å². The molecule has 1 fully saturated rings. The van der Waals surface area contributed by atoms with E-state index in [0.29, 0.717) is 5.57 Å². The molecule has 3 aromatic rings. The van der Waals surface area contributed by atoms with Crippen molar-refractivity contribution in [2.45, 2.75) is 44.4 Å². The molecule has 1 aliphatic carbocycles. The summed E-state index contributed by atoms with van der Waals surface area (Å²) in [5.41, 5.74) is 2.17. The van der Waals surface area contributed by atoms with Crippen molar-refractivity contribution in [2.24, 2.45) is 0 Å². The van der Waals surface area contributed by atoms with Gasteiger partial charge in [0.1, 0.15) is 18.2 Å². The van der Waals surface area contributed by atoms with Crippen LogP contribution in [0.4, 0.5) is 13.6 Å². The molecule has 0 heterocycles. The highest BCUT2D eigenvalue weighted by Gasteiger charge is 2.24. The van der Waals surface area contributed by atoms with Gasteiger partial charge < -0.3 is 14.8 Å². The van der Waals surface area contributed by atoms with Crippen LogP contribution in [0, 0.1) is 11.6 Å². The van der Waals surface area contributed by atoms with Crippen molar-refractivity contribution in [1.82, 2.24) is 5.32 Å². The number of halogens is 2. The van der Waals surface area contributed by atoms with Crippen LogP contribution in [-0.4, -0.2) is 24.8 Å². The van der Waals surface area contributed by atoms with Gasteiger partial charge in [0.15, 0.2) is 0 Å². The van der Waals surface area contributed by atoms with Crippen molar-refractivity contribution in [1.29, 1.82) is 0 Å². The molecule has 3 aromatic carbocycles. The lowest BCUT2D eigenvalue weighted by molar-refractivity contribution is 0.0416. The molecule has 0 aliphatic heterocycles. The maximum atomic E-state index is 14.5. The second-order valence-electron chi connectivity index (χ2n) is 8.67. The molecule has 0 atom stereocenters. The Morgan fingerprint density at radius 2 is 1.49 bits per heavy atom. The second kappa shape index (κ2) is 12.3. The van der Waals surface area contributed by atoms with Gasteiger partial charge in [0.25, 0.3) is 0 Å². The predicted octanol–water partition coefficient (Wildman–Crippen LogP) is 6.76. The topological polar surface area (TPSA) is 47.6 Å². The summed E-state index contributed by atoms with van der Waals surface area (Å²) < 4.78 is 40.4. The van der Waals surface area contributed by atoms with Crippen LogP contribution in [0.5, 0.6) is 0 Å². The average molecular weight is 478 g/mol. The lowest BCUT2D eigenvalue weighted by Crippen LogP contribution is -2.39. The van der Waals surface area contributed by atoms with E-state index < -0.39 is 17.7 Å². The number of carbonyl (C=O) groups excluding carboxylic acids is 1. The molecular weight excluding hydrogens is 448 g/mol. The monoisotopic (exact) mass is 477 g/mol. The van der Waals surface area contributed by atoms with Crippen molar-refractivity contribution < 1.29 is 23.0 Å². The predicted molar refractivity (Wildman–Crippen MR) is 132 cm³/mol. The lowest BCUT2D eigenvalue weighted by atomic mass is 9.93. The molecule has 0 unspecified atom stereocenters. The Morgan fingerprint density at radius 1 is 0.857 bits per heavy atom. The number of carbonyl (C=O) groups is 1. The van der Waals surface area contributed by atoms with Gasteiger partial charge in [0.2, 0.25) is 0 Å². The minimum absolute atomic E-state index is 0.0152. The first-order valence-corrected chi connectivity index (χ1v) is 11.9. The molecule has 35 heavy (non-hydrogen) atoms. The number of amides is 1. The van der Waals surface area contributed by atoms with E-state index in [1.165, 1.54) is 18.2 Å². The van der Waals surface area contributed by atoms with E-state index in [-0.39, 0.29) is 30.9 Å². The molecule has 182 valence electrons. The largest absolute Gasteiger partial charge is 0.445 e. The Hall–Kier alpha value is -3.51. The first kappa shape index (κ1) is 24.6. The van der Waals surface area contributed by atoms with E-state index in [4.69, 9.17) is 9.47 Å². The molecule has 6 heteroatoms. The summed E-state index contributed by atoms with van der Waals surface area (Å²) in [6.45, 7) is 0.322. The Bertz CT molecular complexity index is 1110. The second-order valence-corrected chi connectivity index (χ2v) is 8.67. The van der Waals surface area contributed by atoms with Gasteiger partial charge in [-0.15, -0.1) is 0 Å². The fourth-order valence-corrected chi connectivity index (χ4v) is 4.25. The standard InChI is InChI=1S/C29H29F2NO3/c30-26-12-7-13-27(31)28(26)23(18-21-8-3-1-4-9-21)20-34-25-16-14-24(15-17-25)32-29(33)35-19-22-10-5-2-6-11-22/h1-13,18,24-25H,14-17,19-20H2,(H,32,33)/t24-,25-. The molecule has 4 rings (SSSR count). The first-order valence-electron chi connectivity index (χ1n) is 11.9. The zero-order valence-electron chi connectivity index (χ0n) is 19.5. The van der Waals surface area contributed by atoms with Crippen LogP contribution in [0.1, 0.15) is 42.4 Å². The normalized spacial score (nSPS) is 18.2. The zero-order valence-corrected chi connectivity index (χ0v) is 19.5. The fraction of sp³-hybridized carbons (Fsp3) is 0.276. The maximum absolute atomic E-state index is 14.5. The molecule has 0 aromatic heterocycles. The van der Waals surface area contributed by atoms with Gasteiger partial charge in [-0.1, -0.05) is 66.7 Å². The summed E-state index contributed by atoms with van der Waals surface area (Å²) in [7, 11) is 0.